The Morgan fingerprint density at radius 2 is 1.61 bits per heavy atom. The van der Waals surface area contributed by atoms with Crippen molar-refractivity contribution in [2.75, 3.05) is 20.1 Å². The molecule has 1 aromatic rings. The summed E-state index contributed by atoms with van der Waals surface area (Å²) < 4.78 is 27.1. The summed E-state index contributed by atoms with van der Waals surface area (Å²) in [6.07, 6.45) is 0. The predicted molar refractivity (Wildman–Crippen MR) is 71.4 cm³/mol. The van der Waals surface area contributed by atoms with Crippen molar-refractivity contribution in [3.63, 3.8) is 0 Å². The average Bonchev–Trinajstić information content (AvgIpc) is 2.33. The van der Waals surface area contributed by atoms with E-state index in [0.29, 0.717) is 19.6 Å². The highest BCUT2D eigenvalue weighted by Gasteiger charge is 2.24. The van der Waals surface area contributed by atoms with Crippen LogP contribution in [-0.2, 0) is 16.8 Å². The van der Waals surface area contributed by atoms with Gasteiger partial charge in [0.25, 0.3) is 10.2 Å². The summed E-state index contributed by atoms with van der Waals surface area (Å²) in [6.45, 7) is 4.83. The molecule has 1 aromatic carbocycles. The Hall–Kier alpha value is -1.11. The minimum absolute atomic E-state index is 0.174. The molecule has 0 aliphatic carbocycles. The van der Waals surface area contributed by atoms with Gasteiger partial charge in [-0.25, -0.2) is 0 Å². The summed E-state index contributed by atoms with van der Waals surface area (Å²) in [5.74, 6) is 0.174. The van der Waals surface area contributed by atoms with Crippen LogP contribution in [0.4, 0.5) is 0 Å². The van der Waals surface area contributed by atoms with Gasteiger partial charge in [-0.3, -0.25) is 0 Å². The van der Waals surface area contributed by atoms with Crippen molar-refractivity contribution in [1.82, 2.24) is 8.61 Å². The van der Waals surface area contributed by atoms with E-state index in [-0.39, 0.29) is 5.75 Å². The first-order valence-electron chi connectivity index (χ1n) is 5.91. The molecule has 5 nitrogen and oxygen atoms in total. The number of hydrogen-bond acceptors (Lipinski definition) is 3. The Kier molecular flexibility index (Phi) is 5.13. The molecule has 0 aliphatic heterocycles. The zero-order valence-electron chi connectivity index (χ0n) is 11.0. The lowest BCUT2D eigenvalue weighted by Crippen LogP contribution is -2.41. The quantitative estimate of drug-likeness (QED) is 0.851. The first-order chi connectivity index (χ1) is 8.41. The predicted octanol–water partition coefficient (Wildman–Crippen LogP) is 1.41. The van der Waals surface area contributed by atoms with Crippen molar-refractivity contribution in [2.45, 2.75) is 20.4 Å². The van der Waals surface area contributed by atoms with Crippen LogP contribution >= 0.6 is 0 Å². The number of hydrogen-bond donors (Lipinski definition) is 1. The summed E-state index contributed by atoms with van der Waals surface area (Å²) in [4.78, 5) is 0. The van der Waals surface area contributed by atoms with E-state index in [2.05, 4.69) is 0 Å². The lowest BCUT2D eigenvalue weighted by molar-refractivity contribution is 0.375. The van der Waals surface area contributed by atoms with Gasteiger partial charge in [0.05, 0.1) is 0 Å². The van der Waals surface area contributed by atoms with Crippen LogP contribution in [0.3, 0.4) is 0 Å². The third-order valence-corrected chi connectivity index (χ3v) is 4.85. The third kappa shape index (κ3) is 3.44. The van der Waals surface area contributed by atoms with Gasteiger partial charge in [0.15, 0.2) is 0 Å². The van der Waals surface area contributed by atoms with Crippen LogP contribution < -0.4 is 0 Å². The van der Waals surface area contributed by atoms with E-state index >= 15 is 0 Å². The molecule has 6 heteroatoms. The fourth-order valence-corrected chi connectivity index (χ4v) is 3.05. The van der Waals surface area contributed by atoms with Gasteiger partial charge in [-0.05, 0) is 17.7 Å². The highest BCUT2D eigenvalue weighted by atomic mass is 32.2. The third-order valence-electron chi connectivity index (χ3n) is 2.77. The largest absolute Gasteiger partial charge is 0.508 e. The summed E-state index contributed by atoms with van der Waals surface area (Å²) in [7, 11) is -1.85. The van der Waals surface area contributed by atoms with Crippen molar-refractivity contribution in [3.05, 3.63) is 29.8 Å². The molecule has 1 N–H and O–H groups in total. The number of aromatic hydroxyl groups is 1. The second kappa shape index (κ2) is 6.17. The van der Waals surface area contributed by atoms with Gasteiger partial charge in [0, 0.05) is 26.7 Å². The number of rotatable bonds is 6. The molecule has 102 valence electrons. The number of phenols is 1. The topological polar surface area (TPSA) is 60.9 Å². The van der Waals surface area contributed by atoms with Gasteiger partial charge >= 0.3 is 0 Å². The molecule has 0 amide bonds. The first-order valence-corrected chi connectivity index (χ1v) is 7.30. The Morgan fingerprint density at radius 1 is 1.11 bits per heavy atom. The molecule has 0 aliphatic rings. The van der Waals surface area contributed by atoms with Crippen molar-refractivity contribution in [1.29, 1.82) is 0 Å². The van der Waals surface area contributed by atoms with Gasteiger partial charge in [-0.1, -0.05) is 26.0 Å². The SMILES string of the molecule is CCN(CC)S(=O)(=O)N(C)Cc1ccc(O)cc1. The maximum Gasteiger partial charge on any atom is 0.282 e. The first kappa shape index (κ1) is 14.9. The van der Waals surface area contributed by atoms with Crippen LogP contribution in [0.15, 0.2) is 24.3 Å². The molecule has 0 radical (unpaired) electrons. The molecule has 0 spiro atoms. The van der Waals surface area contributed by atoms with Crippen LogP contribution in [0.2, 0.25) is 0 Å². The molecule has 1 rings (SSSR count). The van der Waals surface area contributed by atoms with Gasteiger partial charge in [0.1, 0.15) is 5.75 Å². The van der Waals surface area contributed by atoms with Crippen molar-refractivity contribution < 1.29 is 13.5 Å². The minimum Gasteiger partial charge on any atom is -0.508 e. The van der Waals surface area contributed by atoms with E-state index in [4.69, 9.17) is 0 Å². The van der Waals surface area contributed by atoms with Crippen molar-refractivity contribution in [3.8, 4) is 5.75 Å². The maximum atomic E-state index is 12.2. The summed E-state index contributed by atoms with van der Waals surface area (Å²) in [6, 6.07) is 6.52. The zero-order valence-corrected chi connectivity index (χ0v) is 11.8. The van der Waals surface area contributed by atoms with E-state index in [1.807, 2.05) is 13.8 Å². The standard InChI is InChI=1S/C12H20N2O3S/c1-4-14(5-2)18(16,17)13(3)10-11-6-8-12(15)9-7-11/h6-9,15H,4-5,10H2,1-3H3. The zero-order chi connectivity index (χ0) is 13.8. The van der Waals surface area contributed by atoms with Gasteiger partial charge in [-0.2, -0.15) is 17.0 Å². The summed E-state index contributed by atoms with van der Waals surface area (Å²) in [5.41, 5.74) is 0.839. The molecular weight excluding hydrogens is 252 g/mol. The second-order valence-electron chi connectivity index (χ2n) is 4.01. The number of benzene rings is 1. The van der Waals surface area contributed by atoms with E-state index in [9.17, 15) is 13.5 Å². The van der Waals surface area contributed by atoms with Crippen LogP contribution in [-0.4, -0.2) is 42.3 Å². The highest BCUT2D eigenvalue weighted by Crippen LogP contribution is 2.14. The van der Waals surface area contributed by atoms with E-state index in [1.54, 1.807) is 31.3 Å². The molecule has 0 atom stereocenters. The number of phenolic OH excluding ortho intramolecular Hbond substituents is 1. The minimum atomic E-state index is -3.41. The molecule has 0 saturated carbocycles. The van der Waals surface area contributed by atoms with E-state index < -0.39 is 10.2 Å². The molecule has 0 heterocycles. The van der Waals surface area contributed by atoms with Gasteiger partial charge in [0.2, 0.25) is 0 Å². The van der Waals surface area contributed by atoms with E-state index in [0.717, 1.165) is 5.56 Å². The smallest absolute Gasteiger partial charge is 0.282 e. The van der Waals surface area contributed by atoms with Crippen molar-refractivity contribution >= 4 is 10.2 Å². The summed E-state index contributed by atoms with van der Waals surface area (Å²) in [5, 5.41) is 9.17. The average molecular weight is 272 g/mol. The van der Waals surface area contributed by atoms with Crippen molar-refractivity contribution in [2.24, 2.45) is 0 Å². The van der Waals surface area contributed by atoms with E-state index in [1.165, 1.54) is 8.61 Å². The van der Waals surface area contributed by atoms with Crippen LogP contribution in [0.5, 0.6) is 5.75 Å². The summed E-state index contributed by atoms with van der Waals surface area (Å²) >= 11 is 0. The fraction of sp³-hybridized carbons (Fsp3) is 0.500. The molecule has 0 unspecified atom stereocenters. The molecule has 0 bridgehead atoms. The molecule has 0 fully saturated rings. The monoisotopic (exact) mass is 272 g/mol. The molecule has 0 aromatic heterocycles. The lowest BCUT2D eigenvalue weighted by Gasteiger charge is -2.25. The van der Waals surface area contributed by atoms with Gasteiger partial charge in [-0.15, -0.1) is 0 Å². The van der Waals surface area contributed by atoms with Gasteiger partial charge < -0.3 is 5.11 Å². The van der Waals surface area contributed by atoms with Crippen LogP contribution in [0, 0.1) is 0 Å². The Labute approximate surface area is 109 Å². The normalized spacial score (nSPS) is 12.3. The Balaban J connectivity index is 2.81. The van der Waals surface area contributed by atoms with Crippen LogP contribution in [0.1, 0.15) is 19.4 Å². The second-order valence-corrected chi connectivity index (χ2v) is 6.05. The molecular formula is C12H20N2O3S. The Bertz CT molecular complexity index is 467. The molecule has 0 saturated heterocycles. The fourth-order valence-electron chi connectivity index (χ4n) is 1.69. The Morgan fingerprint density at radius 3 is 2.06 bits per heavy atom. The highest BCUT2D eigenvalue weighted by molar-refractivity contribution is 7.86. The number of nitrogens with zero attached hydrogens (tertiary/aromatic N) is 2. The molecule has 18 heavy (non-hydrogen) atoms. The lowest BCUT2D eigenvalue weighted by atomic mass is 10.2. The maximum absolute atomic E-state index is 12.2. The van der Waals surface area contributed by atoms with Crippen LogP contribution in [0.25, 0.3) is 0 Å².